The van der Waals surface area contributed by atoms with Crippen molar-refractivity contribution in [2.24, 2.45) is 5.41 Å². The highest BCUT2D eigenvalue weighted by Gasteiger charge is 2.36. The number of fused-ring (bicyclic) bond motifs is 1. The third-order valence-corrected chi connectivity index (χ3v) is 5.34. The Morgan fingerprint density at radius 1 is 1.17 bits per heavy atom. The van der Waals surface area contributed by atoms with Crippen LogP contribution in [0, 0.1) is 5.41 Å². The Hall–Kier alpha value is -1.92. The van der Waals surface area contributed by atoms with E-state index >= 15 is 0 Å². The van der Waals surface area contributed by atoms with Crippen LogP contribution in [0.1, 0.15) is 92.3 Å². The number of carbonyl (C=O) groups excluding carboxylic acids is 2. The van der Waals surface area contributed by atoms with Crippen LogP contribution in [0.4, 0.5) is 0 Å². The van der Waals surface area contributed by atoms with E-state index in [2.05, 4.69) is 13.8 Å². The van der Waals surface area contributed by atoms with Crippen LogP contribution in [-0.4, -0.2) is 42.5 Å². The molecule has 0 heterocycles. The minimum Gasteiger partial charge on any atom is -0.507 e. The molecule has 1 aliphatic rings. The fourth-order valence-electron chi connectivity index (χ4n) is 4.03. The highest BCUT2D eigenvalue weighted by atomic mass is 16.7. The predicted molar refractivity (Wildman–Crippen MR) is 115 cm³/mol. The van der Waals surface area contributed by atoms with Crippen LogP contribution in [0.2, 0.25) is 0 Å². The lowest BCUT2D eigenvalue weighted by molar-refractivity contribution is -0.134. The number of hydrogen-bond donors (Lipinski definition) is 1. The van der Waals surface area contributed by atoms with Gasteiger partial charge in [-0.3, -0.25) is 4.79 Å². The van der Waals surface area contributed by atoms with Crippen LogP contribution in [0.5, 0.6) is 5.75 Å². The molecule has 1 aromatic rings. The Morgan fingerprint density at radius 3 is 2.27 bits per heavy atom. The number of rotatable bonds is 8. The molecule has 0 atom stereocenters. The molecule has 0 saturated carbocycles. The van der Waals surface area contributed by atoms with E-state index in [0.717, 1.165) is 12.0 Å². The first-order valence-electron chi connectivity index (χ1n) is 10.7. The van der Waals surface area contributed by atoms with Crippen LogP contribution in [0.25, 0.3) is 0 Å². The van der Waals surface area contributed by atoms with Crippen LogP contribution in [-0.2, 0) is 33.5 Å². The maximum atomic E-state index is 13.3. The Morgan fingerprint density at radius 2 is 1.77 bits per heavy atom. The van der Waals surface area contributed by atoms with Crippen molar-refractivity contribution in [1.29, 1.82) is 0 Å². The molecule has 0 bridgehead atoms. The monoisotopic (exact) mass is 420 g/mol. The van der Waals surface area contributed by atoms with Gasteiger partial charge in [-0.1, -0.05) is 13.8 Å². The van der Waals surface area contributed by atoms with Crippen LogP contribution in [0.3, 0.4) is 0 Å². The second-order valence-corrected chi connectivity index (χ2v) is 9.58. The molecule has 30 heavy (non-hydrogen) atoms. The predicted octanol–water partition coefficient (Wildman–Crippen LogP) is 4.62. The van der Waals surface area contributed by atoms with Crippen molar-refractivity contribution in [2.75, 3.05) is 13.2 Å². The second-order valence-electron chi connectivity index (χ2n) is 9.58. The number of hydrogen-bond acceptors (Lipinski definition) is 6. The molecular formula is C24H36O6. The Bertz CT molecular complexity index is 782. The van der Waals surface area contributed by atoms with Gasteiger partial charge in [-0.15, -0.1) is 0 Å². The van der Waals surface area contributed by atoms with Gasteiger partial charge in [0, 0.05) is 19.6 Å². The summed E-state index contributed by atoms with van der Waals surface area (Å²) >= 11 is 0. The Labute approximate surface area is 179 Å². The van der Waals surface area contributed by atoms with Gasteiger partial charge in [0.2, 0.25) is 0 Å². The summed E-state index contributed by atoms with van der Waals surface area (Å²) in [5, 5.41) is 11.0. The molecule has 2 rings (SSSR count). The molecule has 0 saturated heterocycles. The van der Waals surface area contributed by atoms with Crippen molar-refractivity contribution in [3.8, 4) is 5.75 Å². The number of phenols is 1. The molecule has 0 radical (unpaired) electrons. The van der Waals surface area contributed by atoms with Gasteiger partial charge in [-0.25, -0.2) is 4.79 Å². The van der Waals surface area contributed by atoms with Gasteiger partial charge in [-0.05, 0) is 76.0 Å². The number of carbonyl (C=O) groups is 2. The summed E-state index contributed by atoms with van der Waals surface area (Å²) in [7, 11) is 0. The zero-order valence-electron chi connectivity index (χ0n) is 19.4. The highest BCUT2D eigenvalue weighted by Crippen LogP contribution is 2.44. The zero-order valence-corrected chi connectivity index (χ0v) is 19.4. The largest absolute Gasteiger partial charge is 0.507 e. The first kappa shape index (κ1) is 24.4. The number of ether oxygens (including phenoxy) is 3. The summed E-state index contributed by atoms with van der Waals surface area (Å²) in [5.41, 5.74) is 1.65. The molecule has 1 N–H and O–H groups in total. The van der Waals surface area contributed by atoms with Gasteiger partial charge in [0.25, 0.3) is 0 Å². The molecule has 0 aromatic heterocycles. The summed E-state index contributed by atoms with van der Waals surface area (Å²) in [4.78, 5) is 25.3. The normalized spacial score (nSPS) is 15.7. The van der Waals surface area contributed by atoms with Crippen LogP contribution >= 0.6 is 0 Å². The third kappa shape index (κ3) is 5.61. The van der Waals surface area contributed by atoms with E-state index in [1.165, 1.54) is 0 Å². The summed E-state index contributed by atoms with van der Waals surface area (Å²) in [5.74, 6) is -0.523. The van der Waals surface area contributed by atoms with Crippen molar-refractivity contribution in [2.45, 2.75) is 86.0 Å². The molecule has 1 aromatic carbocycles. The minimum absolute atomic E-state index is 0.0312. The molecule has 168 valence electrons. The first-order valence-corrected chi connectivity index (χ1v) is 10.7. The molecule has 0 fully saturated rings. The lowest BCUT2D eigenvalue weighted by Crippen LogP contribution is -2.31. The molecule has 0 amide bonds. The molecule has 0 spiro atoms. The van der Waals surface area contributed by atoms with Crippen molar-refractivity contribution >= 4 is 12.3 Å². The lowest BCUT2D eigenvalue weighted by Gasteiger charge is -2.34. The van der Waals surface area contributed by atoms with Gasteiger partial charge >= 0.3 is 5.97 Å². The van der Waals surface area contributed by atoms with Gasteiger partial charge < -0.3 is 19.3 Å². The fraction of sp³-hybridized carbons (Fsp3) is 0.667. The molecule has 0 unspecified atom stereocenters. The van der Waals surface area contributed by atoms with Crippen molar-refractivity contribution in [3.05, 3.63) is 27.8 Å². The average molecular weight is 421 g/mol. The number of benzene rings is 1. The maximum Gasteiger partial charge on any atom is 0.339 e. The smallest absolute Gasteiger partial charge is 0.339 e. The average Bonchev–Trinajstić information content (AvgIpc) is 2.61. The van der Waals surface area contributed by atoms with E-state index in [9.17, 15) is 14.7 Å². The standard InChI is InChI=1S/C24H36O6/c1-8-28-19(29-9-2)12-16-18(14-25)21(26)17-13-24(6,7)11-10-15(17)20(16)22(27)30-23(3,4)5/h14,19,26H,8-13H2,1-7H3. The third-order valence-electron chi connectivity index (χ3n) is 5.34. The summed E-state index contributed by atoms with van der Waals surface area (Å²) < 4.78 is 17.0. The van der Waals surface area contributed by atoms with E-state index in [1.807, 2.05) is 34.6 Å². The van der Waals surface area contributed by atoms with Gasteiger partial charge in [0.1, 0.15) is 11.4 Å². The quantitative estimate of drug-likeness (QED) is 0.375. The first-order chi connectivity index (χ1) is 13.9. The maximum absolute atomic E-state index is 13.3. The lowest BCUT2D eigenvalue weighted by atomic mass is 9.71. The van der Waals surface area contributed by atoms with Crippen molar-refractivity contribution in [1.82, 2.24) is 0 Å². The second kappa shape index (κ2) is 9.48. The minimum atomic E-state index is -0.687. The zero-order chi connectivity index (χ0) is 22.7. The number of aromatic hydroxyl groups is 1. The highest BCUT2D eigenvalue weighted by molar-refractivity contribution is 5.98. The summed E-state index contributed by atoms with van der Waals surface area (Å²) in [6.07, 6.45) is 2.26. The van der Waals surface area contributed by atoms with E-state index in [4.69, 9.17) is 14.2 Å². The van der Waals surface area contributed by atoms with E-state index < -0.39 is 17.9 Å². The van der Waals surface area contributed by atoms with Crippen molar-refractivity contribution < 1.29 is 28.9 Å². The van der Waals surface area contributed by atoms with E-state index in [1.54, 1.807) is 0 Å². The van der Waals surface area contributed by atoms with E-state index in [-0.39, 0.29) is 23.1 Å². The number of phenolic OH excluding ortho intramolecular Hbond substituents is 1. The fourth-order valence-corrected chi connectivity index (χ4v) is 4.03. The topological polar surface area (TPSA) is 82.1 Å². The summed E-state index contributed by atoms with van der Waals surface area (Å²) in [6, 6.07) is 0. The number of aldehydes is 1. The van der Waals surface area contributed by atoms with Gasteiger partial charge in [0.15, 0.2) is 12.6 Å². The Balaban J connectivity index is 2.72. The SMILES string of the molecule is CCOC(Cc1c(C=O)c(O)c2c(c1C(=O)OC(C)(C)C)CCC(C)(C)C2)OCC. The van der Waals surface area contributed by atoms with Gasteiger partial charge in [0.05, 0.1) is 11.1 Å². The number of esters is 1. The molecule has 6 heteroatoms. The van der Waals surface area contributed by atoms with Gasteiger partial charge in [-0.2, -0.15) is 0 Å². The summed E-state index contributed by atoms with van der Waals surface area (Å²) in [6.45, 7) is 14.2. The van der Waals surface area contributed by atoms with E-state index in [0.29, 0.717) is 49.0 Å². The molecule has 6 nitrogen and oxygen atoms in total. The van der Waals surface area contributed by atoms with Crippen LogP contribution in [0.15, 0.2) is 0 Å². The van der Waals surface area contributed by atoms with Crippen molar-refractivity contribution in [3.63, 3.8) is 0 Å². The molecule has 0 aliphatic heterocycles. The Kier molecular flexibility index (Phi) is 7.69. The molecular weight excluding hydrogens is 384 g/mol. The van der Waals surface area contributed by atoms with Crippen LogP contribution < -0.4 is 0 Å². The molecule has 1 aliphatic carbocycles.